The Morgan fingerprint density at radius 1 is 0.939 bits per heavy atom. The zero-order chi connectivity index (χ0) is 23.3. The number of halogens is 1. The van der Waals surface area contributed by atoms with Crippen LogP contribution in [0.3, 0.4) is 0 Å². The van der Waals surface area contributed by atoms with Gasteiger partial charge in [0.1, 0.15) is 11.5 Å². The van der Waals surface area contributed by atoms with E-state index in [0.29, 0.717) is 29.4 Å². The van der Waals surface area contributed by atoms with Gasteiger partial charge in [0.15, 0.2) is 0 Å². The van der Waals surface area contributed by atoms with Crippen LogP contribution in [0.25, 0.3) is 0 Å². The first-order valence-electron chi connectivity index (χ1n) is 10.8. The van der Waals surface area contributed by atoms with Crippen LogP contribution in [-0.4, -0.2) is 31.2 Å². The van der Waals surface area contributed by atoms with Gasteiger partial charge in [0, 0.05) is 29.7 Å². The number of piperidine rings is 1. The maximum Gasteiger partial charge on any atom is 0.243 e. The molecule has 6 nitrogen and oxygen atoms in total. The second-order valence-corrected chi connectivity index (χ2v) is 10.2. The molecule has 33 heavy (non-hydrogen) atoms. The molecule has 1 aliphatic heterocycles. The molecule has 0 radical (unpaired) electrons. The predicted molar refractivity (Wildman–Crippen MR) is 129 cm³/mol. The Morgan fingerprint density at radius 2 is 1.61 bits per heavy atom. The maximum absolute atomic E-state index is 13.2. The quantitative estimate of drug-likeness (QED) is 0.466. The summed E-state index contributed by atoms with van der Waals surface area (Å²) in [6.07, 6.45) is 2.39. The first-order valence-corrected chi connectivity index (χ1v) is 12.6. The van der Waals surface area contributed by atoms with E-state index >= 15 is 0 Å². The molecule has 4 rings (SSSR count). The van der Waals surface area contributed by atoms with Gasteiger partial charge in [0.2, 0.25) is 15.9 Å². The molecule has 1 atom stereocenters. The van der Waals surface area contributed by atoms with Crippen LogP contribution in [0.4, 0.5) is 5.69 Å². The Labute approximate surface area is 199 Å². The van der Waals surface area contributed by atoms with E-state index in [1.807, 2.05) is 30.3 Å². The molecule has 172 valence electrons. The van der Waals surface area contributed by atoms with Crippen LogP contribution >= 0.6 is 11.6 Å². The van der Waals surface area contributed by atoms with Crippen LogP contribution in [0.2, 0.25) is 5.02 Å². The first kappa shape index (κ1) is 23.3. The number of sulfonamides is 1. The van der Waals surface area contributed by atoms with Crippen LogP contribution in [0.15, 0.2) is 83.8 Å². The molecule has 1 amide bonds. The molecule has 1 aliphatic rings. The molecular formula is C25H25ClN2O4S. The Balaban J connectivity index is 1.39. The van der Waals surface area contributed by atoms with Crippen molar-refractivity contribution in [2.45, 2.75) is 36.6 Å². The lowest BCUT2D eigenvalue weighted by Gasteiger charge is -2.34. The molecule has 0 bridgehead atoms. The average molecular weight is 485 g/mol. The van der Waals surface area contributed by atoms with Crippen molar-refractivity contribution < 1.29 is 17.9 Å². The lowest BCUT2D eigenvalue weighted by molar-refractivity contribution is -0.117. The van der Waals surface area contributed by atoms with Crippen LogP contribution in [-0.2, 0) is 14.8 Å². The number of amides is 1. The lowest BCUT2D eigenvalue weighted by Crippen LogP contribution is -2.45. The molecule has 3 aromatic rings. The number of rotatable bonds is 7. The van der Waals surface area contributed by atoms with Gasteiger partial charge in [-0.05, 0) is 73.5 Å². The topological polar surface area (TPSA) is 75.7 Å². The van der Waals surface area contributed by atoms with Gasteiger partial charge in [0.05, 0.1) is 4.90 Å². The number of carbonyl (C=O) groups is 1. The van der Waals surface area contributed by atoms with Crippen molar-refractivity contribution >= 4 is 33.2 Å². The Hall–Kier alpha value is -2.87. The molecule has 1 saturated heterocycles. The van der Waals surface area contributed by atoms with Crippen LogP contribution in [0, 0.1) is 0 Å². The maximum atomic E-state index is 13.2. The fourth-order valence-electron chi connectivity index (χ4n) is 3.89. The van der Waals surface area contributed by atoms with Crippen molar-refractivity contribution in [1.29, 1.82) is 0 Å². The molecule has 8 heteroatoms. The monoisotopic (exact) mass is 484 g/mol. The zero-order valence-electron chi connectivity index (χ0n) is 18.0. The summed E-state index contributed by atoms with van der Waals surface area (Å²) in [6, 6.07) is 22.3. The fourth-order valence-corrected chi connectivity index (χ4v) is 5.71. The molecule has 0 saturated carbocycles. The number of para-hydroxylation sites is 1. The summed E-state index contributed by atoms with van der Waals surface area (Å²) in [7, 11) is -3.70. The summed E-state index contributed by atoms with van der Waals surface area (Å²) in [5, 5.41) is 3.34. The van der Waals surface area contributed by atoms with Crippen LogP contribution in [0.5, 0.6) is 11.5 Å². The predicted octanol–water partition coefficient (Wildman–Crippen LogP) is 5.70. The van der Waals surface area contributed by atoms with Gasteiger partial charge in [0.25, 0.3) is 0 Å². The number of ether oxygens (including phenoxy) is 1. The summed E-state index contributed by atoms with van der Waals surface area (Å²) < 4.78 is 33.6. The van der Waals surface area contributed by atoms with E-state index in [2.05, 4.69) is 5.32 Å². The van der Waals surface area contributed by atoms with Gasteiger partial charge in [-0.2, -0.15) is 4.31 Å². The van der Waals surface area contributed by atoms with Crippen molar-refractivity contribution in [2.75, 3.05) is 11.9 Å². The minimum Gasteiger partial charge on any atom is -0.457 e. The van der Waals surface area contributed by atoms with Crippen molar-refractivity contribution in [3.63, 3.8) is 0 Å². The van der Waals surface area contributed by atoms with E-state index in [9.17, 15) is 13.2 Å². The van der Waals surface area contributed by atoms with Gasteiger partial charge < -0.3 is 10.1 Å². The Bertz CT molecular complexity index is 1180. The molecule has 3 aromatic carbocycles. The fraction of sp³-hybridized carbons (Fsp3) is 0.240. The summed E-state index contributed by atoms with van der Waals surface area (Å²) in [5.74, 6) is 1.16. The number of hydrogen-bond acceptors (Lipinski definition) is 4. The number of nitrogens with one attached hydrogen (secondary N) is 1. The Kier molecular flexibility index (Phi) is 7.33. The van der Waals surface area contributed by atoms with E-state index in [1.165, 1.54) is 16.4 Å². The van der Waals surface area contributed by atoms with Gasteiger partial charge in [-0.3, -0.25) is 4.79 Å². The van der Waals surface area contributed by atoms with Gasteiger partial charge in [-0.15, -0.1) is 0 Å². The third kappa shape index (κ3) is 5.93. The second-order valence-electron chi connectivity index (χ2n) is 7.91. The highest BCUT2D eigenvalue weighted by molar-refractivity contribution is 7.89. The number of hydrogen-bond donors (Lipinski definition) is 1. The largest absolute Gasteiger partial charge is 0.457 e. The molecule has 1 unspecified atom stereocenters. The van der Waals surface area contributed by atoms with Gasteiger partial charge in [-0.25, -0.2) is 8.42 Å². The third-order valence-corrected chi connectivity index (χ3v) is 7.75. The molecule has 1 N–H and O–H groups in total. The van der Waals surface area contributed by atoms with Crippen molar-refractivity contribution in [2.24, 2.45) is 0 Å². The second kappa shape index (κ2) is 10.4. The SMILES string of the molecule is O=C(CC1CCCCN1S(=O)(=O)c1ccc(Cl)cc1)Nc1ccc(Oc2ccccc2)cc1. The first-order chi connectivity index (χ1) is 15.9. The van der Waals surface area contributed by atoms with Crippen LogP contribution in [0.1, 0.15) is 25.7 Å². The normalized spacial score (nSPS) is 16.8. The summed E-state index contributed by atoms with van der Waals surface area (Å²) in [6.45, 7) is 0.397. The molecule has 0 aliphatic carbocycles. The van der Waals surface area contributed by atoms with Crippen LogP contribution < -0.4 is 10.1 Å². The minimum absolute atomic E-state index is 0.0923. The van der Waals surface area contributed by atoms with Gasteiger partial charge in [-0.1, -0.05) is 36.2 Å². The van der Waals surface area contributed by atoms with E-state index in [0.717, 1.165) is 18.6 Å². The molecule has 0 aromatic heterocycles. The number of nitrogens with zero attached hydrogens (tertiary/aromatic N) is 1. The standard InChI is InChI=1S/C25H25ClN2O4S/c26-19-9-15-24(16-10-19)33(30,31)28-17-5-4-6-21(28)18-25(29)27-20-11-13-23(14-12-20)32-22-7-2-1-3-8-22/h1-3,7-16,21H,4-6,17-18H2,(H,27,29). The van der Waals surface area contributed by atoms with E-state index < -0.39 is 10.0 Å². The summed E-state index contributed by atoms with van der Waals surface area (Å²) in [5.41, 5.74) is 0.628. The smallest absolute Gasteiger partial charge is 0.243 e. The van der Waals surface area contributed by atoms with E-state index in [4.69, 9.17) is 16.3 Å². The molecule has 0 spiro atoms. The highest BCUT2D eigenvalue weighted by Crippen LogP contribution is 2.28. The van der Waals surface area contributed by atoms with Crippen molar-refractivity contribution in [3.8, 4) is 11.5 Å². The molecule has 1 fully saturated rings. The minimum atomic E-state index is -3.70. The molecule has 1 heterocycles. The molecular weight excluding hydrogens is 460 g/mol. The number of carbonyl (C=O) groups excluding carboxylic acids is 1. The lowest BCUT2D eigenvalue weighted by atomic mass is 10.0. The summed E-state index contributed by atoms with van der Waals surface area (Å²) in [4.78, 5) is 12.9. The number of anilines is 1. The average Bonchev–Trinajstić information content (AvgIpc) is 2.81. The van der Waals surface area contributed by atoms with E-state index in [-0.39, 0.29) is 23.3 Å². The third-order valence-electron chi connectivity index (χ3n) is 5.53. The van der Waals surface area contributed by atoms with Crippen molar-refractivity contribution in [1.82, 2.24) is 4.31 Å². The Morgan fingerprint density at radius 3 is 2.30 bits per heavy atom. The highest BCUT2D eigenvalue weighted by atomic mass is 35.5. The zero-order valence-corrected chi connectivity index (χ0v) is 19.6. The van der Waals surface area contributed by atoms with E-state index in [1.54, 1.807) is 36.4 Å². The number of benzene rings is 3. The highest BCUT2D eigenvalue weighted by Gasteiger charge is 2.34. The summed E-state index contributed by atoms with van der Waals surface area (Å²) >= 11 is 5.90. The van der Waals surface area contributed by atoms with Crippen molar-refractivity contribution in [3.05, 3.63) is 83.9 Å². The van der Waals surface area contributed by atoms with Gasteiger partial charge >= 0.3 is 0 Å².